The summed E-state index contributed by atoms with van der Waals surface area (Å²) in [7, 11) is 0. The Morgan fingerprint density at radius 3 is 2.47 bits per heavy atom. The second-order valence-corrected chi connectivity index (χ2v) is 4.25. The predicted octanol–water partition coefficient (Wildman–Crippen LogP) is 3.52. The molecule has 0 bridgehead atoms. The third kappa shape index (κ3) is 2.37. The van der Waals surface area contributed by atoms with E-state index >= 15 is 0 Å². The first-order valence-corrected chi connectivity index (χ1v) is 5.59. The summed E-state index contributed by atoms with van der Waals surface area (Å²) in [5.41, 5.74) is 3.58. The third-order valence-electron chi connectivity index (χ3n) is 3.11. The maximum absolute atomic E-state index is 13.1. The smallest absolute Gasteiger partial charge is 0.123 e. The number of halogens is 1. The zero-order chi connectivity index (χ0) is 12.4. The Bertz CT molecular complexity index is 534. The molecule has 1 N–H and O–H groups in total. The molecule has 2 aromatic rings. The Labute approximate surface area is 101 Å². The van der Waals surface area contributed by atoms with Crippen molar-refractivity contribution in [1.82, 2.24) is 0 Å². The van der Waals surface area contributed by atoms with E-state index in [1.165, 1.54) is 12.1 Å². The highest BCUT2D eigenvalue weighted by Crippen LogP contribution is 2.26. The van der Waals surface area contributed by atoms with Crippen LogP contribution in [0.5, 0.6) is 0 Å². The van der Waals surface area contributed by atoms with Gasteiger partial charge in [0, 0.05) is 0 Å². The lowest BCUT2D eigenvalue weighted by Gasteiger charge is -2.15. The second kappa shape index (κ2) is 4.68. The highest BCUT2D eigenvalue weighted by atomic mass is 19.1. The minimum atomic E-state index is -0.773. The fourth-order valence-electron chi connectivity index (χ4n) is 1.93. The quantitative estimate of drug-likeness (QED) is 0.836. The first-order chi connectivity index (χ1) is 8.09. The number of benzene rings is 2. The molecule has 2 heteroatoms. The van der Waals surface area contributed by atoms with E-state index in [1.54, 1.807) is 12.1 Å². The normalized spacial score (nSPS) is 12.5. The molecule has 1 unspecified atom stereocenters. The van der Waals surface area contributed by atoms with Crippen molar-refractivity contribution in [3.8, 4) is 0 Å². The molecule has 17 heavy (non-hydrogen) atoms. The van der Waals surface area contributed by atoms with Crippen LogP contribution < -0.4 is 0 Å². The van der Waals surface area contributed by atoms with Crippen molar-refractivity contribution in [3.63, 3.8) is 0 Å². The molecule has 1 nitrogen and oxygen atoms in total. The van der Waals surface area contributed by atoms with Gasteiger partial charge in [0.15, 0.2) is 0 Å². The van der Waals surface area contributed by atoms with E-state index in [0.29, 0.717) is 5.56 Å². The zero-order valence-electron chi connectivity index (χ0n) is 9.94. The Morgan fingerprint density at radius 1 is 1.06 bits per heavy atom. The van der Waals surface area contributed by atoms with Crippen LogP contribution in [0.15, 0.2) is 42.5 Å². The summed E-state index contributed by atoms with van der Waals surface area (Å²) in [4.78, 5) is 0. The maximum atomic E-state index is 13.1. The van der Waals surface area contributed by atoms with Crippen molar-refractivity contribution in [1.29, 1.82) is 0 Å². The van der Waals surface area contributed by atoms with Crippen molar-refractivity contribution in [3.05, 3.63) is 70.5 Å². The largest absolute Gasteiger partial charge is 0.384 e. The molecule has 2 rings (SSSR count). The van der Waals surface area contributed by atoms with Crippen LogP contribution in [0.2, 0.25) is 0 Å². The molecule has 0 amide bonds. The van der Waals surface area contributed by atoms with Gasteiger partial charge in [-0.2, -0.15) is 0 Å². The first kappa shape index (κ1) is 11.8. The fraction of sp³-hybridized carbons (Fsp3) is 0.200. The van der Waals surface area contributed by atoms with Crippen LogP contribution in [0.25, 0.3) is 0 Å². The van der Waals surface area contributed by atoms with E-state index in [1.807, 2.05) is 32.0 Å². The van der Waals surface area contributed by atoms with Gasteiger partial charge in [-0.15, -0.1) is 0 Å². The maximum Gasteiger partial charge on any atom is 0.123 e. The molecule has 0 aliphatic rings. The average molecular weight is 230 g/mol. The van der Waals surface area contributed by atoms with Crippen LogP contribution in [0, 0.1) is 19.7 Å². The molecule has 0 aliphatic carbocycles. The molecule has 0 saturated heterocycles. The molecule has 0 spiro atoms. The summed E-state index contributed by atoms with van der Waals surface area (Å²) in [6.45, 7) is 3.96. The molecule has 0 heterocycles. The van der Waals surface area contributed by atoms with Gasteiger partial charge in [0.1, 0.15) is 11.9 Å². The summed E-state index contributed by atoms with van der Waals surface area (Å²) in [5, 5.41) is 10.3. The standard InChI is InChI=1S/C15H15FO/c1-10-5-3-8-14(11(10)2)15(17)12-6-4-7-13(16)9-12/h3-9,15,17H,1-2H3. The lowest BCUT2D eigenvalue weighted by atomic mass is 9.95. The average Bonchev–Trinajstić information content (AvgIpc) is 2.32. The molecule has 0 aliphatic heterocycles. The van der Waals surface area contributed by atoms with Gasteiger partial charge in [-0.3, -0.25) is 0 Å². The molecule has 0 fully saturated rings. The number of aliphatic hydroxyl groups excluding tert-OH is 1. The lowest BCUT2D eigenvalue weighted by molar-refractivity contribution is 0.219. The van der Waals surface area contributed by atoms with Gasteiger partial charge < -0.3 is 5.11 Å². The number of aliphatic hydroxyl groups is 1. The summed E-state index contributed by atoms with van der Waals surface area (Å²) >= 11 is 0. The second-order valence-electron chi connectivity index (χ2n) is 4.25. The van der Waals surface area contributed by atoms with Crippen LogP contribution in [-0.4, -0.2) is 5.11 Å². The van der Waals surface area contributed by atoms with Gasteiger partial charge in [0.25, 0.3) is 0 Å². The minimum absolute atomic E-state index is 0.327. The van der Waals surface area contributed by atoms with Gasteiger partial charge in [-0.25, -0.2) is 4.39 Å². The molecule has 1 atom stereocenters. The summed E-state index contributed by atoms with van der Waals surface area (Å²) in [6.07, 6.45) is -0.773. The van der Waals surface area contributed by atoms with E-state index in [4.69, 9.17) is 0 Å². The van der Waals surface area contributed by atoms with Crippen LogP contribution in [0.4, 0.5) is 4.39 Å². The summed E-state index contributed by atoms with van der Waals surface area (Å²) in [5.74, 6) is -0.327. The SMILES string of the molecule is Cc1cccc(C(O)c2cccc(F)c2)c1C. The third-order valence-corrected chi connectivity index (χ3v) is 3.11. The van der Waals surface area contributed by atoms with Gasteiger partial charge in [-0.05, 0) is 48.2 Å². The van der Waals surface area contributed by atoms with Crippen molar-refractivity contribution in [2.24, 2.45) is 0 Å². The topological polar surface area (TPSA) is 20.2 Å². The highest BCUT2D eigenvalue weighted by molar-refractivity contribution is 5.39. The Hall–Kier alpha value is -1.67. The molecule has 0 saturated carbocycles. The molecule has 2 aromatic carbocycles. The Balaban J connectivity index is 2.44. The Kier molecular flexibility index (Phi) is 3.25. The fourth-order valence-corrected chi connectivity index (χ4v) is 1.93. The lowest BCUT2D eigenvalue weighted by Crippen LogP contribution is -2.03. The van der Waals surface area contributed by atoms with Crippen LogP contribution >= 0.6 is 0 Å². The van der Waals surface area contributed by atoms with E-state index in [9.17, 15) is 9.50 Å². The highest BCUT2D eigenvalue weighted by Gasteiger charge is 2.13. The molecule has 88 valence electrons. The van der Waals surface area contributed by atoms with E-state index in [0.717, 1.165) is 16.7 Å². The summed E-state index contributed by atoms with van der Waals surface area (Å²) in [6, 6.07) is 11.9. The zero-order valence-corrected chi connectivity index (χ0v) is 9.94. The van der Waals surface area contributed by atoms with E-state index in [-0.39, 0.29) is 5.82 Å². The van der Waals surface area contributed by atoms with Crippen LogP contribution in [0.1, 0.15) is 28.4 Å². The number of hydrogen-bond donors (Lipinski definition) is 1. The van der Waals surface area contributed by atoms with Crippen molar-refractivity contribution in [2.45, 2.75) is 20.0 Å². The van der Waals surface area contributed by atoms with Gasteiger partial charge in [0.2, 0.25) is 0 Å². The van der Waals surface area contributed by atoms with Crippen LogP contribution in [-0.2, 0) is 0 Å². The Morgan fingerprint density at radius 2 is 1.76 bits per heavy atom. The minimum Gasteiger partial charge on any atom is -0.384 e. The predicted molar refractivity (Wildman–Crippen MR) is 66.4 cm³/mol. The van der Waals surface area contributed by atoms with E-state index < -0.39 is 6.10 Å². The number of rotatable bonds is 2. The van der Waals surface area contributed by atoms with Crippen molar-refractivity contribution in [2.75, 3.05) is 0 Å². The van der Waals surface area contributed by atoms with Crippen molar-refractivity contribution < 1.29 is 9.50 Å². The molecule has 0 radical (unpaired) electrons. The van der Waals surface area contributed by atoms with Crippen LogP contribution in [0.3, 0.4) is 0 Å². The first-order valence-electron chi connectivity index (χ1n) is 5.59. The monoisotopic (exact) mass is 230 g/mol. The van der Waals surface area contributed by atoms with Crippen molar-refractivity contribution >= 4 is 0 Å². The molecular weight excluding hydrogens is 215 g/mol. The molecule has 0 aromatic heterocycles. The molecular formula is C15H15FO. The van der Waals surface area contributed by atoms with Gasteiger partial charge in [0.05, 0.1) is 0 Å². The van der Waals surface area contributed by atoms with Gasteiger partial charge >= 0.3 is 0 Å². The van der Waals surface area contributed by atoms with E-state index in [2.05, 4.69) is 0 Å². The van der Waals surface area contributed by atoms with Gasteiger partial charge in [-0.1, -0.05) is 30.3 Å². The summed E-state index contributed by atoms with van der Waals surface area (Å²) < 4.78 is 13.1. The number of hydrogen-bond acceptors (Lipinski definition) is 1. The number of aryl methyl sites for hydroxylation is 1.